The van der Waals surface area contributed by atoms with E-state index >= 15 is 0 Å². The van der Waals surface area contributed by atoms with Gasteiger partial charge in [-0.1, -0.05) is 17.7 Å². The van der Waals surface area contributed by atoms with Crippen LogP contribution in [0.1, 0.15) is 18.3 Å². The summed E-state index contributed by atoms with van der Waals surface area (Å²) in [6.07, 6.45) is 0. The fourth-order valence-electron chi connectivity index (χ4n) is 2.33. The normalized spacial score (nSPS) is 10.6. The number of H-pyrrole nitrogens is 1. The van der Waals surface area contributed by atoms with E-state index < -0.39 is 0 Å². The summed E-state index contributed by atoms with van der Waals surface area (Å²) in [5, 5.41) is 7.10. The number of ether oxygens (including phenoxy) is 2. The van der Waals surface area contributed by atoms with Crippen LogP contribution in [0.3, 0.4) is 0 Å². The zero-order valence-electron chi connectivity index (χ0n) is 13.7. The van der Waals surface area contributed by atoms with Gasteiger partial charge in [0.2, 0.25) is 0 Å². The Kier molecular flexibility index (Phi) is 4.96. The van der Waals surface area contributed by atoms with Crippen molar-refractivity contribution in [3.8, 4) is 17.2 Å². The molecule has 0 aliphatic heterocycles. The van der Waals surface area contributed by atoms with E-state index in [1.165, 1.54) is 5.56 Å². The highest BCUT2D eigenvalue weighted by molar-refractivity contribution is 7.71. The fourth-order valence-corrected chi connectivity index (χ4v) is 2.59. The van der Waals surface area contributed by atoms with Crippen molar-refractivity contribution < 1.29 is 9.47 Å². The van der Waals surface area contributed by atoms with Crippen LogP contribution in [0, 0.1) is 11.7 Å². The van der Waals surface area contributed by atoms with E-state index in [1.54, 1.807) is 0 Å². The fraction of sp³-hybridized carbons (Fsp3) is 0.222. The van der Waals surface area contributed by atoms with E-state index in [2.05, 4.69) is 10.2 Å². The Bertz CT molecular complexity index is 851. The summed E-state index contributed by atoms with van der Waals surface area (Å²) in [6, 6.07) is 15.6. The van der Waals surface area contributed by atoms with Crippen molar-refractivity contribution in [1.82, 2.24) is 14.8 Å². The lowest BCUT2D eigenvalue weighted by molar-refractivity contribution is 0.293. The predicted octanol–water partition coefficient (Wildman–Crippen LogP) is 4.22. The molecule has 0 atom stereocenters. The van der Waals surface area contributed by atoms with E-state index in [0.29, 0.717) is 23.8 Å². The summed E-state index contributed by atoms with van der Waals surface area (Å²) < 4.78 is 13.7. The van der Waals surface area contributed by atoms with E-state index in [-0.39, 0.29) is 0 Å². The van der Waals surface area contributed by atoms with Crippen LogP contribution in [0.15, 0.2) is 48.5 Å². The third-order valence-electron chi connectivity index (χ3n) is 3.54. The largest absolute Gasteiger partial charge is 0.494 e. The summed E-state index contributed by atoms with van der Waals surface area (Å²) >= 11 is 5.35. The van der Waals surface area contributed by atoms with Crippen LogP contribution < -0.4 is 9.47 Å². The molecule has 1 aromatic heterocycles. The molecule has 3 rings (SSSR count). The summed E-state index contributed by atoms with van der Waals surface area (Å²) in [6.45, 7) is 4.96. The zero-order valence-corrected chi connectivity index (χ0v) is 14.5. The van der Waals surface area contributed by atoms with Gasteiger partial charge in [-0.15, -0.1) is 0 Å². The van der Waals surface area contributed by atoms with Gasteiger partial charge >= 0.3 is 0 Å². The molecule has 0 radical (unpaired) electrons. The number of nitrogens with zero attached hydrogens (tertiary/aromatic N) is 2. The Morgan fingerprint density at radius 3 is 2.29 bits per heavy atom. The molecule has 0 spiro atoms. The van der Waals surface area contributed by atoms with E-state index in [0.717, 1.165) is 17.2 Å². The second-order valence-electron chi connectivity index (χ2n) is 5.31. The molecule has 2 aromatic carbocycles. The van der Waals surface area contributed by atoms with E-state index in [1.807, 2.05) is 66.9 Å². The Morgan fingerprint density at radius 2 is 1.62 bits per heavy atom. The van der Waals surface area contributed by atoms with Gasteiger partial charge in [0.1, 0.15) is 18.1 Å². The molecule has 0 bridgehead atoms. The van der Waals surface area contributed by atoms with Gasteiger partial charge < -0.3 is 9.47 Å². The van der Waals surface area contributed by atoms with E-state index in [9.17, 15) is 0 Å². The molecular weight excluding hydrogens is 322 g/mol. The molecular formula is C18H19N3O2S. The first-order valence-electron chi connectivity index (χ1n) is 7.76. The minimum absolute atomic E-state index is 0.323. The number of rotatable bonds is 6. The zero-order chi connectivity index (χ0) is 16.9. The molecule has 1 N–H and O–H groups in total. The molecule has 3 aromatic rings. The highest BCUT2D eigenvalue weighted by Crippen LogP contribution is 2.18. The number of benzene rings is 2. The van der Waals surface area contributed by atoms with Crippen molar-refractivity contribution in [1.29, 1.82) is 0 Å². The van der Waals surface area contributed by atoms with E-state index in [4.69, 9.17) is 21.7 Å². The van der Waals surface area contributed by atoms with Gasteiger partial charge in [0.05, 0.1) is 12.3 Å². The molecule has 0 unspecified atom stereocenters. The maximum atomic E-state index is 5.81. The van der Waals surface area contributed by atoms with Gasteiger partial charge in [-0.05, 0) is 62.5 Å². The lowest BCUT2D eigenvalue weighted by Crippen LogP contribution is -2.06. The predicted molar refractivity (Wildman–Crippen MR) is 95.4 cm³/mol. The van der Waals surface area contributed by atoms with Crippen molar-refractivity contribution in [3.05, 3.63) is 64.7 Å². The molecule has 5 nitrogen and oxygen atoms in total. The van der Waals surface area contributed by atoms with Crippen LogP contribution in [0.2, 0.25) is 0 Å². The standard InChI is InChI=1S/C18H19N3O2S/c1-3-22-15-10-6-14(7-11-15)21-17(19-20-18(21)24)12-23-16-8-4-13(2)5-9-16/h4-11H,3,12H2,1-2H3,(H,20,24). The molecule has 0 saturated carbocycles. The highest BCUT2D eigenvalue weighted by atomic mass is 32.1. The minimum Gasteiger partial charge on any atom is -0.494 e. The first kappa shape index (κ1) is 16.3. The Hall–Kier alpha value is -2.60. The average Bonchev–Trinajstić information content (AvgIpc) is 2.96. The van der Waals surface area contributed by atoms with Crippen LogP contribution in [-0.2, 0) is 6.61 Å². The molecule has 124 valence electrons. The van der Waals surface area contributed by atoms with Gasteiger partial charge in [0.25, 0.3) is 0 Å². The lowest BCUT2D eigenvalue weighted by Gasteiger charge is -2.10. The second-order valence-corrected chi connectivity index (χ2v) is 5.70. The first-order chi connectivity index (χ1) is 11.7. The van der Waals surface area contributed by atoms with Crippen molar-refractivity contribution >= 4 is 12.2 Å². The number of aryl methyl sites for hydroxylation is 1. The van der Waals surface area contributed by atoms with Crippen LogP contribution in [-0.4, -0.2) is 21.4 Å². The van der Waals surface area contributed by atoms with Crippen LogP contribution in [0.5, 0.6) is 11.5 Å². The second kappa shape index (κ2) is 7.31. The number of hydrogen-bond donors (Lipinski definition) is 1. The van der Waals surface area contributed by atoms with Gasteiger partial charge in [-0.2, -0.15) is 5.10 Å². The molecule has 0 aliphatic rings. The van der Waals surface area contributed by atoms with Crippen LogP contribution >= 0.6 is 12.2 Å². The number of hydrogen-bond acceptors (Lipinski definition) is 4. The molecule has 0 saturated heterocycles. The number of aromatic nitrogens is 3. The van der Waals surface area contributed by atoms with Gasteiger partial charge in [0, 0.05) is 0 Å². The van der Waals surface area contributed by atoms with Crippen molar-refractivity contribution in [3.63, 3.8) is 0 Å². The Balaban J connectivity index is 1.80. The number of aromatic amines is 1. The van der Waals surface area contributed by atoms with Crippen molar-refractivity contribution in [2.45, 2.75) is 20.5 Å². The monoisotopic (exact) mass is 341 g/mol. The average molecular weight is 341 g/mol. The van der Waals surface area contributed by atoms with Crippen molar-refractivity contribution in [2.24, 2.45) is 0 Å². The third kappa shape index (κ3) is 3.65. The SMILES string of the molecule is CCOc1ccc(-n2c(COc3ccc(C)cc3)n[nH]c2=S)cc1. The maximum Gasteiger partial charge on any atom is 0.199 e. The smallest absolute Gasteiger partial charge is 0.199 e. The summed E-state index contributed by atoms with van der Waals surface area (Å²) in [7, 11) is 0. The maximum absolute atomic E-state index is 5.81. The quantitative estimate of drug-likeness (QED) is 0.682. The molecule has 0 fully saturated rings. The number of nitrogens with one attached hydrogen (secondary N) is 1. The molecule has 1 heterocycles. The molecule has 6 heteroatoms. The Labute approximate surface area is 145 Å². The van der Waals surface area contributed by atoms with Crippen molar-refractivity contribution in [2.75, 3.05) is 6.61 Å². The Morgan fingerprint density at radius 1 is 1.00 bits per heavy atom. The molecule has 0 amide bonds. The first-order valence-corrected chi connectivity index (χ1v) is 8.17. The topological polar surface area (TPSA) is 52.1 Å². The highest BCUT2D eigenvalue weighted by Gasteiger charge is 2.09. The summed E-state index contributed by atoms with van der Waals surface area (Å²) in [4.78, 5) is 0. The van der Waals surface area contributed by atoms with Crippen LogP contribution in [0.4, 0.5) is 0 Å². The van der Waals surface area contributed by atoms with Gasteiger partial charge in [-0.25, -0.2) is 0 Å². The summed E-state index contributed by atoms with van der Waals surface area (Å²) in [5.74, 6) is 2.34. The third-order valence-corrected chi connectivity index (χ3v) is 3.81. The van der Waals surface area contributed by atoms with Crippen LogP contribution in [0.25, 0.3) is 5.69 Å². The minimum atomic E-state index is 0.323. The molecule has 0 aliphatic carbocycles. The van der Waals surface area contributed by atoms with Gasteiger partial charge in [0.15, 0.2) is 10.6 Å². The van der Waals surface area contributed by atoms with Gasteiger partial charge in [-0.3, -0.25) is 9.67 Å². The lowest BCUT2D eigenvalue weighted by atomic mass is 10.2. The summed E-state index contributed by atoms with van der Waals surface area (Å²) in [5.41, 5.74) is 2.11. The molecule has 24 heavy (non-hydrogen) atoms.